The lowest BCUT2D eigenvalue weighted by Gasteiger charge is -2.21. The molecule has 0 radical (unpaired) electrons. The molecule has 4 heterocycles. The first-order valence-corrected chi connectivity index (χ1v) is 21.2. The van der Waals surface area contributed by atoms with Crippen LogP contribution in [0, 0.1) is 5.92 Å². The Morgan fingerprint density at radius 3 is 1.88 bits per heavy atom. The summed E-state index contributed by atoms with van der Waals surface area (Å²) in [7, 11) is -4.06. The third kappa shape index (κ3) is 22.0. The van der Waals surface area contributed by atoms with E-state index in [-0.39, 0.29) is 62.1 Å². The molecule has 0 aliphatic heterocycles. The van der Waals surface area contributed by atoms with Crippen LogP contribution in [0.1, 0.15) is 48.5 Å². The Balaban J connectivity index is 0.000000599. The molecule has 0 saturated heterocycles. The maximum absolute atomic E-state index is 13.1. The van der Waals surface area contributed by atoms with E-state index in [1.54, 1.807) is 39.2 Å². The van der Waals surface area contributed by atoms with E-state index in [2.05, 4.69) is 29.9 Å². The van der Waals surface area contributed by atoms with Crippen molar-refractivity contribution in [1.29, 1.82) is 0 Å². The molecule has 0 bridgehead atoms. The van der Waals surface area contributed by atoms with Crippen LogP contribution < -0.4 is 22.8 Å². The molecule has 0 fully saturated rings. The summed E-state index contributed by atoms with van der Waals surface area (Å²) in [6, 6.07) is -0.647. The minimum Gasteiger partial charge on any atom is -0.478 e. The lowest BCUT2D eigenvalue weighted by atomic mass is 10.1. The van der Waals surface area contributed by atoms with Gasteiger partial charge in [-0.15, -0.1) is 12.4 Å². The summed E-state index contributed by atoms with van der Waals surface area (Å²) in [5.41, 5.74) is 18.0. The van der Waals surface area contributed by atoms with Crippen LogP contribution in [0.25, 0.3) is 22.3 Å². The minimum atomic E-state index is -4.06. The van der Waals surface area contributed by atoms with E-state index < -0.39 is 87.7 Å². The van der Waals surface area contributed by atoms with Crippen molar-refractivity contribution in [3.63, 3.8) is 0 Å². The molecule has 0 aliphatic carbocycles. The average molecular weight is 996 g/mol. The second kappa shape index (κ2) is 29.2. The summed E-state index contributed by atoms with van der Waals surface area (Å²) in [4.78, 5) is 87.8. The highest BCUT2D eigenvalue weighted by atomic mass is 35.5. The fourth-order valence-electron chi connectivity index (χ4n) is 4.40. The maximum Gasteiger partial charge on any atom is 0.510 e. The molecule has 67 heavy (non-hydrogen) atoms. The number of carbonyl (C=O) groups excluding carboxylic acids is 3. The zero-order valence-corrected chi connectivity index (χ0v) is 39.1. The van der Waals surface area contributed by atoms with Crippen LogP contribution >= 0.6 is 20.0 Å². The number of carboxylic acids is 2. The van der Waals surface area contributed by atoms with Crippen molar-refractivity contribution >= 4 is 84.3 Å². The molecule has 4 aromatic rings. The van der Waals surface area contributed by atoms with Crippen molar-refractivity contribution in [2.24, 2.45) is 11.7 Å². The predicted molar refractivity (Wildman–Crippen MR) is 234 cm³/mol. The first-order valence-electron chi connectivity index (χ1n) is 19.4. The Bertz CT molecular complexity index is 2310. The Hall–Kier alpha value is -6.49. The number of halogens is 1. The smallest absolute Gasteiger partial charge is 0.478 e. The van der Waals surface area contributed by atoms with Gasteiger partial charge in [-0.3, -0.25) is 32.8 Å². The first kappa shape index (κ1) is 58.5. The molecule has 0 unspecified atom stereocenters. The summed E-state index contributed by atoms with van der Waals surface area (Å²) in [6.07, 6.45) is 1.40. The summed E-state index contributed by atoms with van der Waals surface area (Å²) in [6.45, 7) is 11.0. The number of nitrogens with zero attached hydrogens (tertiary/aromatic N) is 7. The van der Waals surface area contributed by atoms with Gasteiger partial charge in [-0.1, -0.05) is 13.8 Å². The topological polar surface area (TPSA) is 411 Å². The fraction of sp³-hybridized carbons (Fsp3) is 0.528. The van der Waals surface area contributed by atoms with Gasteiger partial charge in [-0.25, -0.2) is 39.1 Å². The standard InChI is InChI=1S/C19H30N5O10P.C13H20N6O4.C4H4O4.ClH/c1-12(2)33-18(25)28-9-31-35(27,32-10-29-19(26)34-13(3)4)11-30-14(5)6-24-8-23-15-16(20)21-7-22-17(15)24;1-7(2)8(14)12(21)23-4-3-22-6-19-5-16-9-10(19)17-13(15)18-11(9)20;5-3(6)1-2-4(7)8;/h7-8,12-14H,6,9-11H2,1-5H3,(H2,20,21,22);5,7-8H,3-4,6,14H2,1-2H3,(H3,15,17,18,20);1-2H,(H,5,6)(H,7,8);1H/b;;2-1+;/t14-;8-;;/m10../s1. The van der Waals surface area contributed by atoms with Crippen LogP contribution in [-0.2, 0) is 74.4 Å². The molecule has 9 N–H and O–H groups in total. The number of nitrogens with two attached hydrogens (primary N) is 3. The van der Waals surface area contributed by atoms with Crippen molar-refractivity contribution < 1.29 is 81.0 Å². The summed E-state index contributed by atoms with van der Waals surface area (Å²) >= 11 is 0. The largest absolute Gasteiger partial charge is 0.510 e. The third-order valence-corrected chi connectivity index (χ3v) is 8.93. The molecule has 29 nitrogen and oxygen atoms in total. The lowest BCUT2D eigenvalue weighted by molar-refractivity contribution is -0.148. The van der Waals surface area contributed by atoms with Gasteiger partial charge in [-0.05, 0) is 40.5 Å². The minimum absolute atomic E-state index is 0. The Morgan fingerprint density at radius 1 is 0.791 bits per heavy atom. The van der Waals surface area contributed by atoms with E-state index >= 15 is 0 Å². The number of aromatic amines is 1. The average Bonchev–Trinajstić information content (AvgIpc) is 3.83. The molecule has 0 aromatic carbocycles. The molecule has 2 atom stereocenters. The summed E-state index contributed by atoms with van der Waals surface area (Å²) in [5.74, 6) is -2.73. The number of nitrogens with one attached hydrogen (secondary N) is 1. The second-order valence-electron chi connectivity index (χ2n) is 14.0. The van der Waals surface area contributed by atoms with Crippen LogP contribution in [0.4, 0.5) is 21.4 Å². The van der Waals surface area contributed by atoms with E-state index in [0.29, 0.717) is 29.0 Å². The van der Waals surface area contributed by atoms with Crippen molar-refractivity contribution in [3.8, 4) is 0 Å². The number of carboxylic acid groups (broad SMARTS) is 2. The molecule has 4 rings (SSSR count). The summed E-state index contributed by atoms with van der Waals surface area (Å²) < 4.78 is 61.6. The molecule has 31 heteroatoms. The van der Waals surface area contributed by atoms with E-state index in [1.807, 2.05) is 13.8 Å². The SMILES string of the molecule is CC(C)OC(=O)OCOP(=O)(CO[C@H](C)Cn1cnc2c(N)ncnc21)OCOC(=O)OC(C)C.CC(C)[C@H](N)C(=O)OCCOCn1cnc2c(=O)[nH]c(N)nc21.Cl.O=C(O)/C=C/C(=O)O. The highest BCUT2D eigenvalue weighted by molar-refractivity contribution is 7.53. The van der Waals surface area contributed by atoms with E-state index in [0.717, 1.165) is 0 Å². The van der Waals surface area contributed by atoms with Gasteiger partial charge in [0, 0.05) is 12.2 Å². The number of anilines is 2. The number of hydrogen-bond donors (Lipinski definition) is 6. The van der Waals surface area contributed by atoms with Gasteiger partial charge in [0.1, 0.15) is 37.6 Å². The third-order valence-electron chi connectivity index (χ3n) is 7.47. The molecule has 4 aromatic heterocycles. The highest BCUT2D eigenvalue weighted by Gasteiger charge is 2.29. The Kier molecular flexibility index (Phi) is 25.5. The van der Waals surface area contributed by atoms with Crippen LogP contribution in [0.3, 0.4) is 0 Å². The quantitative estimate of drug-likeness (QED) is 0.0164. The number of aliphatic carboxylic acids is 2. The molecule has 0 amide bonds. The number of rotatable bonds is 22. The van der Waals surface area contributed by atoms with E-state index in [4.69, 9.17) is 69.6 Å². The number of H-pyrrole nitrogens is 1. The number of aromatic nitrogens is 8. The van der Waals surface area contributed by atoms with Crippen LogP contribution in [-0.4, -0.2) is 137 Å². The molecule has 0 saturated carbocycles. The number of fused-ring (bicyclic) bond motifs is 2. The number of carbonyl (C=O) groups is 5. The first-order chi connectivity index (χ1) is 31.0. The highest BCUT2D eigenvalue weighted by Crippen LogP contribution is 2.48. The number of imidazole rings is 2. The van der Waals surface area contributed by atoms with E-state index in [1.165, 1.54) is 23.5 Å². The van der Waals surface area contributed by atoms with Crippen molar-refractivity contribution in [1.82, 2.24) is 39.0 Å². The van der Waals surface area contributed by atoms with Gasteiger partial charge >= 0.3 is 37.8 Å². The van der Waals surface area contributed by atoms with Crippen LogP contribution in [0.15, 0.2) is 35.9 Å². The van der Waals surface area contributed by atoms with Gasteiger partial charge in [-0.2, -0.15) is 4.98 Å². The number of ether oxygens (including phenoxy) is 7. The fourth-order valence-corrected chi connectivity index (χ4v) is 5.48. The van der Waals surface area contributed by atoms with Crippen molar-refractivity contribution in [3.05, 3.63) is 41.5 Å². The van der Waals surface area contributed by atoms with Gasteiger partial charge < -0.3 is 65.1 Å². The predicted octanol–water partition coefficient (Wildman–Crippen LogP) is 2.37. The van der Waals surface area contributed by atoms with Gasteiger partial charge in [0.25, 0.3) is 5.56 Å². The maximum atomic E-state index is 13.1. The van der Waals surface area contributed by atoms with Gasteiger partial charge in [0.15, 0.2) is 22.6 Å². The second-order valence-corrected chi connectivity index (χ2v) is 16.0. The Labute approximate surface area is 387 Å². The normalized spacial score (nSPS) is 12.1. The molecule has 0 spiro atoms. The molecular formula is C36H55ClN11O18P. The molecule has 0 aliphatic rings. The monoisotopic (exact) mass is 995 g/mol. The molecule has 374 valence electrons. The number of nitrogen functional groups attached to an aromatic ring is 2. The number of esters is 1. The van der Waals surface area contributed by atoms with Crippen molar-refractivity contribution in [2.45, 2.75) is 86.1 Å². The molecular weight excluding hydrogens is 941 g/mol. The zero-order valence-electron chi connectivity index (χ0n) is 37.4. The van der Waals surface area contributed by atoms with Gasteiger partial charge in [0.2, 0.25) is 19.5 Å². The Morgan fingerprint density at radius 2 is 1.34 bits per heavy atom. The lowest BCUT2D eigenvalue weighted by Crippen LogP contribution is -2.37. The van der Waals surface area contributed by atoms with Crippen LogP contribution in [0.2, 0.25) is 0 Å². The summed E-state index contributed by atoms with van der Waals surface area (Å²) in [5, 5.41) is 15.6. The van der Waals surface area contributed by atoms with Crippen LogP contribution in [0.5, 0.6) is 0 Å². The van der Waals surface area contributed by atoms with Crippen molar-refractivity contribution in [2.75, 3.05) is 44.6 Å². The van der Waals surface area contributed by atoms with Gasteiger partial charge in [0.05, 0.1) is 44.1 Å². The number of hydrogen-bond acceptors (Lipinski definition) is 24. The zero-order chi connectivity index (χ0) is 49.6. The van der Waals surface area contributed by atoms with E-state index in [9.17, 15) is 33.3 Å².